The molecule has 0 aliphatic heterocycles. The second-order valence-electron chi connectivity index (χ2n) is 3.31. The maximum atomic E-state index is 13.3. The van der Waals surface area contributed by atoms with E-state index in [2.05, 4.69) is 15.9 Å². The van der Waals surface area contributed by atoms with Crippen molar-refractivity contribution in [3.63, 3.8) is 0 Å². The first-order chi connectivity index (χ1) is 7.99. The maximum absolute atomic E-state index is 13.3. The maximum Gasteiger partial charge on any atom is 0.142 e. The standard InChI is InChI=1S/C11H5BrCl3FS/c12-11-7(14)4-9(17-11)10(15)5-1-2-6(13)8(16)3-5/h1-4,10H. The van der Waals surface area contributed by atoms with E-state index in [9.17, 15) is 4.39 Å². The van der Waals surface area contributed by atoms with Gasteiger partial charge in [0.15, 0.2) is 0 Å². The van der Waals surface area contributed by atoms with Crippen LogP contribution in [0.25, 0.3) is 0 Å². The molecule has 6 heteroatoms. The Labute approximate surface area is 125 Å². The van der Waals surface area contributed by atoms with Gasteiger partial charge in [0.25, 0.3) is 0 Å². The number of halogens is 5. The first kappa shape index (κ1) is 13.6. The van der Waals surface area contributed by atoms with Crippen LogP contribution in [0.2, 0.25) is 10.0 Å². The average Bonchev–Trinajstić information content (AvgIpc) is 2.62. The molecule has 0 saturated carbocycles. The molecule has 2 aromatic rings. The molecule has 1 aromatic carbocycles. The van der Waals surface area contributed by atoms with Crippen LogP contribution < -0.4 is 0 Å². The van der Waals surface area contributed by atoms with Gasteiger partial charge in [-0.25, -0.2) is 4.39 Å². The van der Waals surface area contributed by atoms with E-state index >= 15 is 0 Å². The molecule has 1 unspecified atom stereocenters. The summed E-state index contributed by atoms with van der Waals surface area (Å²) >= 11 is 22.5. The Morgan fingerprint density at radius 3 is 2.41 bits per heavy atom. The van der Waals surface area contributed by atoms with Crippen LogP contribution >= 0.6 is 62.1 Å². The molecule has 0 bridgehead atoms. The zero-order chi connectivity index (χ0) is 12.6. The van der Waals surface area contributed by atoms with Crippen molar-refractivity contribution in [2.24, 2.45) is 0 Å². The van der Waals surface area contributed by atoms with Gasteiger partial charge in [-0.1, -0.05) is 29.3 Å². The Balaban J connectivity index is 2.36. The predicted molar refractivity (Wildman–Crippen MR) is 76.1 cm³/mol. The number of hydrogen-bond donors (Lipinski definition) is 0. The lowest BCUT2D eigenvalue weighted by atomic mass is 10.1. The van der Waals surface area contributed by atoms with Gasteiger partial charge in [-0.3, -0.25) is 0 Å². The zero-order valence-electron chi connectivity index (χ0n) is 8.18. The quantitative estimate of drug-likeness (QED) is 0.542. The van der Waals surface area contributed by atoms with Gasteiger partial charge in [0.2, 0.25) is 0 Å². The first-order valence-electron chi connectivity index (χ1n) is 4.53. The number of alkyl halides is 1. The van der Waals surface area contributed by atoms with Gasteiger partial charge in [0.1, 0.15) is 5.82 Å². The van der Waals surface area contributed by atoms with Crippen molar-refractivity contribution in [2.75, 3.05) is 0 Å². The Morgan fingerprint density at radius 1 is 1.18 bits per heavy atom. The average molecular weight is 374 g/mol. The summed E-state index contributed by atoms with van der Waals surface area (Å²) in [4.78, 5) is 0.852. The summed E-state index contributed by atoms with van der Waals surface area (Å²) < 4.78 is 14.1. The smallest absolute Gasteiger partial charge is 0.142 e. The third kappa shape index (κ3) is 2.96. The van der Waals surface area contributed by atoms with E-state index in [1.54, 1.807) is 12.1 Å². The Morgan fingerprint density at radius 2 is 1.88 bits per heavy atom. The molecular weight excluding hydrogens is 369 g/mol. The summed E-state index contributed by atoms with van der Waals surface area (Å²) in [6.07, 6.45) is 0. The molecule has 90 valence electrons. The number of benzene rings is 1. The largest absolute Gasteiger partial charge is 0.205 e. The summed E-state index contributed by atoms with van der Waals surface area (Å²) in [6.45, 7) is 0. The summed E-state index contributed by atoms with van der Waals surface area (Å²) in [6, 6.07) is 6.29. The van der Waals surface area contributed by atoms with Crippen molar-refractivity contribution in [3.8, 4) is 0 Å². The van der Waals surface area contributed by atoms with Crippen molar-refractivity contribution in [2.45, 2.75) is 5.38 Å². The fourth-order valence-corrected chi connectivity index (χ4v) is 3.53. The Hall–Kier alpha value is 0.200. The van der Waals surface area contributed by atoms with E-state index in [0.717, 1.165) is 8.66 Å². The second-order valence-corrected chi connectivity index (χ2v) is 6.96. The fraction of sp³-hybridized carbons (Fsp3) is 0.0909. The van der Waals surface area contributed by atoms with Crippen LogP contribution in [-0.2, 0) is 0 Å². The van der Waals surface area contributed by atoms with Gasteiger partial charge in [-0.15, -0.1) is 22.9 Å². The van der Waals surface area contributed by atoms with E-state index < -0.39 is 11.2 Å². The highest BCUT2D eigenvalue weighted by atomic mass is 79.9. The second kappa shape index (κ2) is 5.45. The third-order valence-electron chi connectivity index (χ3n) is 2.15. The van der Waals surface area contributed by atoms with Crippen molar-refractivity contribution in [1.29, 1.82) is 0 Å². The molecule has 0 nitrogen and oxygen atoms in total. The lowest BCUT2D eigenvalue weighted by Crippen LogP contribution is -1.91. The number of hydrogen-bond acceptors (Lipinski definition) is 1. The van der Waals surface area contributed by atoms with Gasteiger partial charge >= 0.3 is 0 Å². The van der Waals surface area contributed by atoms with E-state index in [4.69, 9.17) is 34.8 Å². The van der Waals surface area contributed by atoms with Crippen LogP contribution in [0.5, 0.6) is 0 Å². The summed E-state index contributed by atoms with van der Waals surface area (Å²) in [5.74, 6) is -0.475. The van der Waals surface area contributed by atoms with Crippen molar-refractivity contribution >= 4 is 62.1 Å². The monoisotopic (exact) mass is 372 g/mol. The van der Waals surface area contributed by atoms with Crippen LogP contribution in [0, 0.1) is 5.82 Å². The van der Waals surface area contributed by atoms with E-state index in [-0.39, 0.29) is 5.02 Å². The molecule has 0 saturated heterocycles. The topological polar surface area (TPSA) is 0 Å². The highest BCUT2D eigenvalue weighted by Crippen LogP contribution is 2.40. The third-order valence-corrected chi connectivity index (χ3v) is 5.61. The van der Waals surface area contributed by atoms with E-state index in [1.165, 1.54) is 23.5 Å². The minimum Gasteiger partial charge on any atom is -0.205 e. The lowest BCUT2D eigenvalue weighted by molar-refractivity contribution is 0.626. The van der Waals surface area contributed by atoms with Crippen LogP contribution in [0.4, 0.5) is 4.39 Å². The molecule has 1 atom stereocenters. The van der Waals surface area contributed by atoms with E-state index in [1.807, 2.05) is 0 Å². The minimum atomic E-state index is -0.475. The van der Waals surface area contributed by atoms with Crippen LogP contribution in [0.3, 0.4) is 0 Å². The number of rotatable bonds is 2. The predicted octanol–water partition coefficient (Wildman–Crippen LogP) is 6.28. The highest BCUT2D eigenvalue weighted by molar-refractivity contribution is 9.11. The first-order valence-corrected chi connectivity index (χ1v) is 7.33. The van der Waals surface area contributed by atoms with Crippen LogP contribution in [-0.4, -0.2) is 0 Å². The Bertz CT molecular complexity index is 536. The minimum absolute atomic E-state index is 0.0861. The molecule has 1 aromatic heterocycles. The molecule has 0 fully saturated rings. The van der Waals surface area contributed by atoms with Gasteiger partial charge in [0.05, 0.1) is 19.2 Å². The van der Waals surface area contributed by atoms with Gasteiger partial charge in [-0.05, 0) is 39.7 Å². The molecule has 0 aliphatic carbocycles. The summed E-state index contributed by atoms with van der Waals surface area (Å²) in [7, 11) is 0. The molecule has 0 amide bonds. The molecule has 0 radical (unpaired) electrons. The van der Waals surface area contributed by atoms with Crippen molar-refractivity contribution in [3.05, 3.63) is 54.4 Å². The van der Waals surface area contributed by atoms with Crippen LogP contribution in [0.15, 0.2) is 28.1 Å². The van der Waals surface area contributed by atoms with E-state index in [0.29, 0.717) is 10.6 Å². The van der Waals surface area contributed by atoms with Crippen molar-refractivity contribution < 1.29 is 4.39 Å². The molecule has 17 heavy (non-hydrogen) atoms. The normalized spacial score (nSPS) is 12.8. The molecular formula is C11H5BrCl3FS. The number of thiophene rings is 1. The molecule has 2 rings (SSSR count). The Kier molecular flexibility index (Phi) is 4.37. The SMILES string of the molecule is Fc1cc(C(Cl)c2cc(Cl)c(Br)s2)ccc1Cl. The van der Waals surface area contributed by atoms with Gasteiger partial charge < -0.3 is 0 Å². The van der Waals surface area contributed by atoms with Crippen molar-refractivity contribution in [1.82, 2.24) is 0 Å². The summed E-state index contributed by atoms with van der Waals surface area (Å²) in [5.41, 5.74) is 0.652. The van der Waals surface area contributed by atoms with Gasteiger partial charge in [-0.2, -0.15) is 0 Å². The molecule has 0 N–H and O–H groups in total. The zero-order valence-corrected chi connectivity index (χ0v) is 12.9. The van der Waals surface area contributed by atoms with Gasteiger partial charge in [0, 0.05) is 4.88 Å². The molecule has 0 aliphatic rings. The molecule has 0 spiro atoms. The molecule has 1 heterocycles. The summed E-state index contributed by atoms with van der Waals surface area (Å²) in [5, 5.41) is 0.253. The fourth-order valence-electron chi connectivity index (χ4n) is 1.32. The lowest BCUT2D eigenvalue weighted by Gasteiger charge is -2.08. The van der Waals surface area contributed by atoms with Crippen LogP contribution in [0.1, 0.15) is 15.8 Å². The highest BCUT2D eigenvalue weighted by Gasteiger charge is 2.16.